The van der Waals surface area contributed by atoms with Gasteiger partial charge in [0, 0.05) is 25.0 Å². The van der Waals surface area contributed by atoms with Crippen molar-refractivity contribution < 1.29 is 9.53 Å². The van der Waals surface area contributed by atoms with Crippen LogP contribution < -0.4 is 5.32 Å². The first kappa shape index (κ1) is 11.1. The number of carbonyl (C=O) groups is 1. The van der Waals surface area contributed by atoms with Gasteiger partial charge in [-0.15, -0.1) is 0 Å². The van der Waals surface area contributed by atoms with Crippen LogP contribution in [0.2, 0.25) is 0 Å². The lowest BCUT2D eigenvalue weighted by Crippen LogP contribution is -2.32. The normalized spacial score (nSPS) is 19.7. The van der Waals surface area contributed by atoms with Crippen LogP contribution in [0.4, 0.5) is 0 Å². The van der Waals surface area contributed by atoms with Crippen LogP contribution in [-0.2, 0) is 4.74 Å². The number of nitrogens with one attached hydrogen (secondary N) is 1. The molecule has 1 fully saturated rings. The van der Waals surface area contributed by atoms with Crippen molar-refractivity contribution in [3.8, 4) is 0 Å². The molecular weight excluding hydrogens is 204 g/mol. The smallest absolute Gasteiger partial charge is 0.253 e. The van der Waals surface area contributed by atoms with E-state index in [1.54, 1.807) is 18.3 Å². The summed E-state index contributed by atoms with van der Waals surface area (Å²) in [6.45, 7) is 3.24. The molecule has 0 bridgehead atoms. The molecular formula is C12H16N2O2. The molecule has 2 rings (SSSR count). The number of aryl methyl sites for hydroxylation is 1. The molecule has 1 aromatic rings. The first-order valence-corrected chi connectivity index (χ1v) is 5.59. The molecule has 0 radical (unpaired) electrons. The lowest BCUT2D eigenvalue weighted by Gasteiger charge is -2.11. The van der Waals surface area contributed by atoms with Crippen LogP contribution in [0.3, 0.4) is 0 Å². The average Bonchev–Trinajstić information content (AvgIpc) is 2.79. The van der Waals surface area contributed by atoms with Crippen molar-refractivity contribution in [3.63, 3.8) is 0 Å². The Hall–Kier alpha value is -1.42. The second-order valence-electron chi connectivity index (χ2n) is 3.98. The number of nitrogens with zero attached hydrogens (tertiary/aromatic N) is 1. The molecule has 0 saturated carbocycles. The van der Waals surface area contributed by atoms with E-state index >= 15 is 0 Å². The molecule has 86 valence electrons. The maximum Gasteiger partial charge on any atom is 0.253 e. The van der Waals surface area contributed by atoms with Gasteiger partial charge < -0.3 is 10.1 Å². The van der Waals surface area contributed by atoms with E-state index in [-0.39, 0.29) is 12.0 Å². The molecule has 1 atom stereocenters. The second kappa shape index (κ2) is 5.07. The summed E-state index contributed by atoms with van der Waals surface area (Å²) < 4.78 is 5.44. The van der Waals surface area contributed by atoms with Crippen molar-refractivity contribution in [1.82, 2.24) is 10.3 Å². The zero-order valence-electron chi connectivity index (χ0n) is 9.40. The predicted molar refractivity (Wildman–Crippen MR) is 60.3 cm³/mol. The third-order valence-electron chi connectivity index (χ3n) is 2.77. The summed E-state index contributed by atoms with van der Waals surface area (Å²) in [6, 6.07) is 3.56. The van der Waals surface area contributed by atoms with Gasteiger partial charge in [0.15, 0.2) is 0 Å². The fourth-order valence-corrected chi connectivity index (χ4v) is 1.83. The van der Waals surface area contributed by atoms with Crippen LogP contribution in [0.1, 0.15) is 28.9 Å². The number of aromatic nitrogens is 1. The molecule has 1 saturated heterocycles. The minimum absolute atomic E-state index is 0.0684. The van der Waals surface area contributed by atoms with Gasteiger partial charge in [-0.05, 0) is 31.9 Å². The summed E-state index contributed by atoms with van der Waals surface area (Å²) in [7, 11) is 0. The standard InChI is InChI=1S/C12H16N2O2/c1-9-11(5-2-6-13-9)12(15)14-8-10-4-3-7-16-10/h2,5-6,10H,3-4,7-8H2,1H3,(H,14,15). The molecule has 4 nitrogen and oxygen atoms in total. The number of hydrogen-bond donors (Lipinski definition) is 1. The summed E-state index contributed by atoms with van der Waals surface area (Å²) >= 11 is 0. The fraction of sp³-hybridized carbons (Fsp3) is 0.500. The van der Waals surface area contributed by atoms with Crippen molar-refractivity contribution in [2.75, 3.05) is 13.2 Å². The maximum absolute atomic E-state index is 11.8. The summed E-state index contributed by atoms with van der Waals surface area (Å²) in [4.78, 5) is 15.9. The summed E-state index contributed by atoms with van der Waals surface area (Å²) in [5, 5.41) is 2.88. The van der Waals surface area contributed by atoms with E-state index in [4.69, 9.17) is 4.74 Å². The van der Waals surface area contributed by atoms with Crippen LogP contribution in [0.15, 0.2) is 18.3 Å². The Balaban J connectivity index is 1.90. The van der Waals surface area contributed by atoms with Crippen LogP contribution in [0.5, 0.6) is 0 Å². The lowest BCUT2D eigenvalue weighted by molar-refractivity contribution is 0.0857. The molecule has 0 spiro atoms. The number of pyridine rings is 1. The molecule has 1 aliphatic heterocycles. The van der Waals surface area contributed by atoms with E-state index in [1.165, 1.54) is 0 Å². The van der Waals surface area contributed by atoms with Gasteiger partial charge in [0.1, 0.15) is 0 Å². The van der Waals surface area contributed by atoms with Crippen molar-refractivity contribution >= 4 is 5.91 Å². The van der Waals surface area contributed by atoms with Gasteiger partial charge in [-0.2, -0.15) is 0 Å². The third-order valence-corrected chi connectivity index (χ3v) is 2.77. The second-order valence-corrected chi connectivity index (χ2v) is 3.98. The summed E-state index contributed by atoms with van der Waals surface area (Å²) in [5.74, 6) is -0.0684. The van der Waals surface area contributed by atoms with E-state index in [1.807, 2.05) is 6.92 Å². The molecule has 1 amide bonds. The van der Waals surface area contributed by atoms with E-state index < -0.39 is 0 Å². The predicted octanol–water partition coefficient (Wildman–Crippen LogP) is 1.30. The molecule has 16 heavy (non-hydrogen) atoms. The van der Waals surface area contributed by atoms with E-state index in [0.29, 0.717) is 12.1 Å². The Morgan fingerprint density at radius 1 is 1.69 bits per heavy atom. The molecule has 2 heterocycles. The number of amides is 1. The van der Waals surface area contributed by atoms with Crippen LogP contribution in [-0.4, -0.2) is 30.1 Å². The zero-order chi connectivity index (χ0) is 11.4. The molecule has 1 aliphatic rings. The SMILES string of the molecule is Cc1ncccc1C(=O)NCC1CCCO1. The summed E-state index contributed by atoms with van der Waals surface area (Å²) in [6.07, 6.45) is 3.99. The molecule has 0 aliphatic carbocycles. The van der Waals surface area contributed by atoms with Gasteiger partial charge in [0.2, 0.25) is 0 Å². The molecule has 0 aromatic carbocycles. The fourth-order valence-electron chi connectivity index (χ4n) is 1.83. The third kappa shape index (κ3) is 2.58. The highest BCUT2D eigenvalue weighted by Gasteiger charge is 2.17. The van der Waals surface area contributed by atoms with Gasteiger partial charge >= 0.3 is 0 Å². The van der Waals surface area contributed by atoms with Gasteiger partial charge in [-0.3, -0.25) is 9.78 Å². The van der Waals surface area contributed by atoms with E-state index in [0.717, 1.165) is 25.1 Å². The van der Waals surface area contributed by atoms with Crippen LogP contribution in [0, 0.1) is 6.92 Å². The lowest BCUT2D eigenvalue weighted by atomic mass is 10.2. The maximum atomic E-state index is 11.8. The topological polar surface area (TPSA) is 51.2 Å². The highest BCUT2D eigenvalue weighted by atomic mass is 16.5. The molecule has 1 unspecified atom stereocenters. The number of hydrogen-bond acceptors (Lipinski definition) is 3. The van der Waals surface area contributed by atoms with Gasteiger partial charge in [-0.25, -0.2) is 0 Å². The average molecular weight is 220 g/mol. The van der Waals surface area contributed by atoms with Crippen molar-refractivity contribution in [1.29, 1.82) is 0 Å². The van der Waals surface area contributed by atoms with Crippen molar-refractivity contribution in [2.24, 2.45) is 0 Å². The molecule has 1 aromatic heterocycles. The van der Waals surface area contributed by atoms with Crippen LogP contribution >= 0.6 is 0 Å². The largest absolute Gasteiger partial charge is 0.376 e. The molecule has 4 heteroatoms. The van der Waals surface area contributed by atoms with Gasteiger partial charge in [0.25, 0.3) is 5.91 Å². The Morgan fingerprint density at radius 2 is 2.56 bits per heavy atom. The highest BCUT2D eigenvalue weighted by molar-refractivity contribution is 5.95. The summed E-state index contributed by atoms with van der Waals surface area (Å²) in [5.41, 5.74) is 1.40. The number of rotatable bonds is 3. The number of ether oxygens (including phenoxy) is 1. The first-order chi connectivity index (χ1) is 7.77. The monoisotopic (exact) mass is 220 g/mol. The Labute approximate surface area is 95.0 Å². The van der Waals surface area contributed by atoms with E-state index in [2.05, 4.69) is 10.3 Å². The van der Waals surface area contributed by atoms with Crippen molar-refractivity contribution in [3.05, 3.63) is 29.6 Å². The minimum atomic E-state index is -0.0684. The Bertz CT molecular complexity index is 373. The quantitative estimate of drug-likeness (QED) is 0.835. The minimum Gasteiger partial charge on any atom is -0.376 e. The Kier molecular flexibility index (Phi) is 3.51. The molecule has 1 N–H and O–H groups in total. The van der Waals surface area contributed by atoms with E-state index in [9.17, 15) is 4.79 Å². The van der Waals surface area contributed by atoms with Crippen LogP contribution in [0.25, 0.3) is 0 Å². The highest BCUT2D eigenvalue weighted by Crippen LogP contribution is 2.11. The first-order valence-electron chi connectivity index (χ1n) is 5.59. The zero-order valence-corrected chi connectivity index (χ0v) is 9.40. The number of carbonyl (C=O) groups excluding carboxylic acids is 1. The van der Waals surface area contributed by atoms with Gasteiger partial charge in [-0.1, -0.05) is 0 Å². The van der Waals surface area contributed by atoms with Gasteiger partial charge in [0.05, 0.1) is 11.7 Å². The van der Waals surface area contributed by atoms with Crippen molar-refractivity contribution in [2.45, 2.75) is 25.9 Å². The Morgan fingerprint density at radius 3 is 3.25 bits per heavy atom.